The topological polar surface area (TPSA) is 80.8 Å². The number of Topliss-reactive ketones (excluding diaryl/α,β-unsaturated/α-hetero) is 1. The van der Waals surface area contributed by atoms with E-state index in [0.717, 1.165) is 24.8 Å². The van der Waals surface area contributed by atoms with Gasteiger partial charge >= 0.3 is 0 Å². The number of fused-ring (bicyclic) bond motifs is 1. The zero-order valence-electron chi connectivity index (χ0n) is 19.5. The summed E-state index contributed by atoms with van der Waals surface area (Å²) in [6.45, 7) is 0.808. The molecule has 4 rings (SSSR count). The van der Waals surface area contributed by atoms with Gasteiger partial charge in [0.1, 0.15) is 5.78 Å². The first-order chi connectivity index (χ1) is 16.5. The van der Waals surface area contributed by atoms with Gasteiger partial charge in [0.2, 0.25) is 5.91 Å². The van der Waals surface area contributed by atoms with Crippen LogP contribution in [0.25, 0.3) is 0 Å². The maximum Gasteiger partial charge on any atom is 0.223 e. The summed E-state index contributed by atoms with van der Waals surface area (Å²) in [4.78, 5) is 28.0. The van der Waals surface area contributed by atoms with Crippen LogP contribution in [0.2, 0.25) is 0 Å². The molecule has 0 saturated carbocycles. The lowest BCUT2D eigenvalue weighted by Gasteiger charge is -2.43. The molecule has 6 nitrogen and oxygen atoms in total. The van der Waals surface area contributed by atoms with Gasteiger partial charge in [-0.15, -0.1) is 0 Å². The van der Waals surface area contributed by atoms with Crippen molar-refractivity contribution in [2.75, 3.05) is 12.4 Å². The minimum Gasteiger partial charge on any atom is -0.376 e. The molecule has 2 aliphatic rings. The second-order valence-electron chi connectivity index (χ2n) is 9.27. The molecule has 182 valence electrons. The summed E-state index contributed by atoms with van der Waals surface area (Å²) in [5, 5.41) is 0. The predicted octanol–water partition coefficient (Wildman–Crippen LogP) is 4.19. The summed E-state index contributed by atoms with van der Waals surface area (Å²) in [6.07, 6.45) is 4.20. The second kappa shape index (κ2) is 11.3. The van der Waals surface area contributed by atoms with E-state index in [1.54, 1.807) is 30.3 Å². The molecular formula is C27H33NO5S. The van der Waals surface area contributed by atoms with Crippen molar-refractivity contribution in [1.29, 1.82) is 0 Å². The van der Waals surface area contributed by atoms with Gasteiger partial charge in [0.15, 0.2) is 9.84 Å². The van der Waals surface area contributed by atoms with Crippen LogP contribution in [0, 0.1) is 5.92 Å². The minimum absolute atomic E-state index is 0.0152. The number of ether oxygens (including phenoxy) is 1. The summed E-state index contributed by atoms with van der Waals surface area (Å²) in [5.41, 5.74) is 1.07. The van der Waals surface area contributed by atoms with Gasteiger partial charge in [-0.1, -0.05) is 48.5 Å². The van der Waals surface area contributed by atoms with Crippen molar-refractivity contribution < 1.29 is 22.7 Å². The van der Waals surface area contributed by atoms with E-state index in [9.17, 15) is 18.0 Å². The molecule has 0 N–H and O–H groups in total. The Hall–Kier alpha value is -2.51. The predicted molar refractivity (Wildman–Crippen MR) is 130 cm³/mol. The Morgan fingerprint density at radius 2 is 1.68 bits per heavy atom. The van der Waals surface area contributed by atoms with Gasteiger partial charge in [0.05, 0.1) is 23.9 Å². The van der Waals surface area contributed by atoms with Crippen molar-refractivity contribution >= 4 is 21.5 Å². The lowest BCUT2D eigenvalue weighted by Crippen LogP contribution is -2.52. The van der Waals surface area contributed by atoms with E-state index in [-0.39, 0.29) is 35.4 Å². The number of hydrogen-bond donors (Lipinski definition) is 0. The fourth-order valence-corrected chi connectivity index (χ4v) is 6.68. The molecule has 3 atom stereocenters. The number of ketones is 1. The zero-order chi connectivity index (χ0) is 24.0. The Balaban J connectivity index is 1.36. The highest BCUT2D eigenvalue weighted by molar-refractivity contribution is 7.91. The molecule has 1 amide bonds. The van der Waals surface area contributed by atoms with Crippen LogP contribution in [0.1, 0.15) is 50.5 Å². The molecule has 34 heavy (non-hydrogen) atoms. The average molecular weight is 484 g/mol. The highest BCUT2D eigenvalue weighted by Gasteiger charge is 2.45. The number of piperidine rings is 1. The Morgan fingerprint density at radius 1 is 0.971 bits per heavy atom. The molecule has 2 saturated heterocycles. The van der Waals surface area contributed by atoms with Crippen molar-refractivity contribution in [2.45, 2.75) is 68.5 Å². The number of rotatable bonds is 11. The van der Waals surface area contributed by atoms with E-state index in [2.05, 4.69) is 0 Å². The lowest BCUT2D eigenvalue weighted by molar-refractivity contribution is -0.138. The van der Waals surface area contributed by atoms with E-state index in [1.165, 1.54) is 0 Å². The summed E-state index contributed by atoms with van der Waals surface area (Å²) < 4.78 is 31.1. The molecule has 0 radical (unpaired) electrons. The van der Waals surface area contributed by atoms with E-state index < -0.39 is 9.84 Å². The largest absolute Gasteiger partial charge is 0.376 e. The Labute approximate surface area is 202 Å². The standard InChI is InChI=1S/C27H33NO5S/c29-26(17-18-33-20-21-8-3-1-4-9-21)24-15-13-22-14-16-27(30)28(22)25(24)12-7-19-34(31,32)23-10-5-2-6-11-23/h1-6,8-11,22,24-25H,7,12-20H2/t22-,24+,25+/m0/s1. The number of amides is 1. The van der Waals surface area contributed by atoms with E-state index in [0.29, 0.717) is 43.8 Å². The SMILES string of the molecule is O=C(CCOCc1ccccc1)[C@@H]1CC[C@H]2CCC(=O)N2[C@@H]1CCCS(=O)(=O)c1ccccc1. The Morgan fingerprint density at radius 3 is 2.41 bits per heavy atom. The summed E-state index contributed by atoms with van der Waals surface area (Å²) in [5.74, 6) is -0.0275. The van der Waals surface area contributed by atoms with Crippen LogP contribution in [0.3, 0.4) is 0 Å². The normalized spacial score (nSPS) is 22.5. The maximum atomic E-state index is 13.2. The molecule has 2 aliphatic heterocycles. The van der Waals surface area contributed by atoms with Crippen LogP contribution >= 0.6 is 0 Å². The van der Waals surface area contributed by atoms with Gasteiger partial charge in [-0.2, -0.15) is 0 Å². The first-order valence-electron chi connectivity index (χ1n) is 12.2. The summed E-state index contributed by atoms with van der Waals surface area (Å²) in [6, 6.07) is 18.2. The third kappa shape index (κ3) is 5.94. The van der Waals surface area contributed by atoms with Gasteiger partial charge in [0, 0.05) is 30.8 Å². The third-order valence-corrected chi connectivity index (χ3v) is 8.86. The van der Waals surface area contributed by atoms with E-state index in [4.69, 9.17) is 4.74 Å². The molecule has 0 spiro atoms. The monoisotopic (exact) mass is 483 g/mol. The number of carbonyl (C=O) groups is 2. The molecule has 0 bridgehead atoms. The van der Waals surface area contributed by atoms with Crippen molar-refractivity contribution in [1.82, 2.24) is 4.90 Å². The van der Waals surface area contributed by atoms with Gasteiger partial charge in [-0.25, -0.2) is 8.42 Å². The van der Waals surface area contributed by atoms with Gasteiger partial charge < -0.3 is 9.64 Å². The molecule has 0 aromatic heterocycles. The molecule has 2 aromatic carbocycles. The quantitative estimate of drug-likeness (QED) is 0.448. The minimum atomic E-state index is -3.39. The van der Waals surface area contributed by atoms with Gasteiger partial charge in [0.25, 0.3) is 0 Å². The fourth-order valence-electron chi connectivity index (χ4n) is 5.33. The van der Waals surface area contributed by atoms with Crippen LogP contribution in [0.5, 0.6) is 0 Å². The van der Waals surface area contributed by atoms with E-state index >= 15 is 0 Å². The maximum absolute atomic E-state index is 13.2. The third-order valence-electron chi connectivity index (χ3n) is 7.04. The van der Waals surface area contributed by atoms with E-state index in [1.807, 2.05) is 35.2 Å². The second-order valence-corrected chi connectivity index (χ2v) is 11.4. The molecule has 7 heteroatoms. The summed E-state index contributed by atoms with van der Waals surface area (Å²) >= 11 is 0. The number of hydrogen-bond acceptors (Lipinski definition) is 5. The average Bonchev–Trinajstić information content (AvgIpc) is 3.24. The highest BCUT2D eigenvalue weighted by Crippen LogP contribution is 2.38. The number of sulfone groups is 1. The first kappa shape index (κ1) is 24.6. The molecule has 0 aliphatic carbocycles. The molecule has 0 unspecified atom stereocenters. The van der Waals surface area contributed by atoms with Gasteiger partial charge in [-0.3, -0.25) is 9.59 Å². The van der Waals surface area contributed by atoms with Crippen LogP contribution < -0.4 is 0 Å². The molecule has 2 aromatic rings. The fraction of sp³-hybridized carbons (Fsp3) is 0.481. The molecule has 2 fully saturated rings. The van der Waals surface area contributed by atoms with Crippen molar-refractivity contribution in [3.05, 3.63) is 66.2 Å². The Kier molecular flexibility index (Phi) is 8.16. The molecular weight excluding hydrogens is 450 g/mol. The van der Waals surface area contributed by atoms with Crippen LogP contribution in [0.15, 0.2) is 65.6 Å². The van der Waals surface area contributed by atoms with Gasteiger partial charge in [-0.05, 0) is 49.8 Å². The smallest absolute Gasteiger partial charge is 0.223 e. The first-order valence-corrected chi connectivity index (χ1v) is 13.8. The highest BCUT2D eigenvalue weighted by atomic mass is 32.2. The summed E-state index contributed by atoms with van der Waals surface area (Å²) in [7, 11) is -3.39. The van der Waals surface area contributed by atoms with Crippen molar-refractivity contribution in [3.8, 4) is 0 Å². The van der Waals surface area contributed by atoms with Crippen LogP contribution in [0.4, 0.5) is 0 Å². The number of carbonyl (C=O) groups excluding carboxylic acids is 2. The van der Waals surface area contributed by atoms with Crippen molar-refractivity contribution in [3.63, 3.8) is 0 Å². The van der Waals surface area contributed by atoms with Crippen LogP contribution in [-0.2, 0) is 30.8 Å². The van der Waals surface area contributed by atoms with Crippen molar-refractivity contribution in [2.24, 2.45) is 5.92 Å². The molecule has 2 heterocycles. The van der Waals surface area contributed by atoms with Crippen LogP contribution in [-0.4, -0.2) is 49.5 Å². The zero-order valence-corrected chi connectivity index (χ0v) is 20.3. The Bertz CT molecular complexity index is 1070. The number of nitrogens with zero attached hydrogens (tertiary/aromatic N) is 1. The number of benzene rings is 2. The lowest BCUT2D eigenvalue weighted by atomic mass is 9.80.